The molecule has 1 saturated heterocycles. The Morgan fingerprint density at radius 2 is 1.87 bits per heavy atom. The Morgan fingerprint density at radius 1 is 1.10 bits per heavy atom. The van der Waals surface area contributed by atoms with Gasteiger partial charge in [-0.05, 0) is 62.3 Å². The number of carbonyl (C=O) groups excluding carboxylic acids is 2. The van der Waals surface area contributed by atoms with E-state index in [0.717, 1.165) is 36.1 Å². The average molecular weight is 452 g/mol. The number of hydrogen-bond acceptors (Lipinski definition) is 5. The fourth-order valence-electron chi connectivity index (χ4n) is 3.94. The van der Waals surface area contributed by atoms with Gasteiger partial charge in [-0.3, -0.25) is 20.4 Å². The molecule has 1 aromatic carbocycles. The average Bonchev–Trinajstić information content (AvgIpc) is 3.39. The van der Waals surface area contributed by atoms with Crippen LogP contribution in [0.3, 0.4) is 0 Å². The second kappa shape index (κ2) is 8.44. The van der Waals surface area contributed by atoms with Crippen molar-refractivity contribution in [2.75, 3.05) is 6.54 Å². The zero-order valence-corrected chi connectivity index (χ0v) is 17.8. The minimum atomic E-state index is -4.17. The fraction of sp³-hybridized carbons (Fsp3) is 0.400. The maximum Gasteiger partial charge on any atom is 0.279 e. The van der Waals surface area contributed by atoms with Gasteiger partial charge < -0.3 is 0 Å². The number of nitrogens with one attached hydrogen (secondary N) is 2. The van der Waals surface area contributed by atoms with Crippen molar-refractivity contribution >= 4 is 33.2 Å². The van der Waals surface area contributed by atoms with Crippen LogP contribution in [0, 0.1) is 5.82 Å². The highest BCUT2D eigenvalue weighted by Gasteiger charge is 2.40. The van der Waals surface area contributed by atoms with Gasteiger partial charge in [0.2, 0.25) is 10.0 Å². The lowest BCUT2D eigenvalue weighted by Gasteiger charge is -2.23. The third kappa shape index (κ3) is 3.99. The lowest BCUT2D eigenvalue weighted by atomic mass is 9.99. The van der Waals surface area contributed by atoms with Crippen LogP contribution in [0.2, 0.25) is 0 Å². The number of sulfonamides is 1. The van der Waals surface area contributed by atoms with Crippen molar-refractivity contribution in [3.8, 4) is 0 Å². The molecular formula is C20H22FN3O4S2. The molecule has 1 aromatic heterocycles. The first-order chi connectivity index (χ1) is 14.4. The maximum atomic E-state index is 14.0. The molecule has 2 aromatic rings. The molecule has 1 aliphatic heterocycles. The summed E-state index contributed by atoms with van der Waals surface area (Å²) in [6.07, 6.45) is 4.90. The van der Waals surface area contributed by atoms with Crippen LogP contribution < -0.4 is 10.9 Å². The molecule has 160 valence electrons. The van der Waals surface area contributed by atoms with E-state index >= 15 is 0 Å². The SMILES string of the molecule is O=C(NNC(=O)C1CCCN1S(=O)(=O)c1ccccc1F)c1cc2c(s1)CCCC2. The Kier molecular flexibility index (Phi) is 5.90. The van der Waals surface area contributed by atoms with Crippen LogP contribution in [-0.4, -0.2) is 37.1 Å². The largest absolute Gasteiger partial charge is 0.279 e. The van der Waals surface area contributed by atoms with E-state index in [1.54, 1.807) is 0 Å². The van der Waals surface area contributed by atoms with E-state index in [4.69, 9.17) is 0 Å². The Balaban J connectivity index is 1.43. The van der Waals surface area contributed by atoms with Gasteiger partial charge in [-0.1, -0.05) is 12.1 Å². The highest BCUT2D eigenvalue weighted by molar-refractivity contribution is 7.89. The summed E-state index contributed by atoms with van der Waals surface area (Å²) < 4.78 is 40.8. The topological polar surface area (TPSA) is 95.6 Å². The molecule has 2 heterocycles. The molecule has 0 radical (unpaired) electrons. The summed E-state index contributed by atoms with van der Waals surface area (Å²) in [5, 5.41) is 0. The number of hydrazine groups is 1. The predicted octanol–water partition coefficient (Wildman–Crippen LogP) is 2.38. The Labute approximate surface area is 178 Å². The van der Waals surface area contributed by atoms with Crippen molar-refractivity contribution in [1.29, 1.82) is 0 Å². The minimum Gasteiger partial charge on any atom is -0.271 e. The molecule has 1 unspecified atom stereocenters. The molecule has 7 nitrogen and oxygen atoms in total. The summed E-state index contributed by atoms with van der Waals surface area (Å²) in [6, 6.07) is 5.93. The summed E-state index contributed by atoms with van der Waals surface area (Å²) in [4.78, 5) is 26.3. The molecule has 2 aliphatic rings. The standard InChI is InChI=1S/C20H22FN3O4S2/c21-14-7-2-4-10-18(14)30(27,28)24-11-5-8-15(24)19(25)22-23-20(26)17-12-13-6-1-3-9-16(13)29-17/h2,4,7,10,12,15H,1,3,5-6,8-9,11H2,(H,22,25)(H,23,26). The molecule has 0 bridgehead atoms. The third-order valence-electron chi connectivity index (χ3n) is 5.45. The smallest absolute Gasteiger partial charge is 0.271 e. The molecule has 1 fully saturated rings. The molecule has 2 amide bonds. The van der Waals surface area contributed by atoms with E-state index in [9.17, 15) is 22.4 Å². The molecule has 2 N–H and O–H groups in total. The lowest BCUT2D eigenvalue weighted by Crippen LogP contribution is -2.51. The monoisotopic (exact) mass is 451 g/mol. The second-order valence-electron chi connectivity index (χ2n) is 7.41. The Morgan fingerprint density at radius 3 is 2.63 bits per heavy atom. The summed E-state index contributed by atoms with van der Waals surface area (Å²) in [7, 11) is -4.17. The Bertz CT molecular complexity index is 1060. The zero-order valence-electron chi connectivity index (χ0n) is 16.2. The third-order valence-corrected chi connectivity index (χ3v) is 8.63. The number of hydrogen-bond donors (Lipinski definition) is 2. The van der Waals surface area contributed by atoms with E-state index in [1.165, 1.54) is 40.0 Å². The molecule has 4 rings (SSSR count). The van der Waals surface area contributed by atoms with Crippen molar-refractivity contribution in [1.82, 2.24) is 15.2 Å². The molecule has 1 aliphatic carbocycles. The number of thiophene rings is 1. The fourth-order valence-corrected chi connectivity index (χ4v) is 6.81. The summed E-state index contributed by atoms with van der Waals surface area (Å²) in [5.41, 5.74) is 5.91. The quantitative estimate of drug-likeness (QED) is 0.698. The Hall–Kier alpha value is -2.30. The molecule has 10 heteroatoms. The number of fused-ring (bicyclic) bond motifs is 1. The van der Waals surface area contributed by atoms with Crippen LogP contribution in [0.15, 0.2) is 35.2 Å². The molecule has 1 atom stereocenters. The highest BCUT2D eigenvalue weighted by atomic mass is 32.2. The first-order valence-corrected chi connectivity index (χ1v) is 12.1. The number of benzene rings is 1. The van der Waals surface area contributed by atoms with Crippen LogP contribution in [-0.2, 0) is 27.7 Å². The first-order valence-electron chi connectivity index (χ1n) is 9.86. The summed E-state index contributed by atoms with van der Waals surface area (Å²) in [5.74, 6) is -1.93. The van der Waals surface area contributed by atoms with Crippen molar-refractivity contribution < 1.29 is 22.4 Å². The van der Waals surface area contributed by atoms with Crippen LogP contribution in [0.1, 0.15) is 45.8 Å². The highest BCUT2D eigenvalue weighted by Crippen LogP contribution is 2.30. The van der Waals surface area contributed by atoms with Crippen LogP contribution in [0.4, 0.5) is 4.39 Å². The molecule has 0 saturated carbocycles. The predicted molar refractivity (Wildman–Crippen MR) is 110 cm³/mol. The van der Waals surface area contributed by atoms with Gasteiger partial charge in [0.05, 0.1) is 4.88 Å². The zero-order chi connectivity index (χ0) is 21.3. The van der Waals surface area contributed by atoms with Gasteiger partial charge in [-0.2, -0.15) is 4.31 Å². The van der Waals surface area contributed by atoms with Crippen molar-refractivity contribution in [2.45, 2.75) is 49.5 Å². The number of nitrogens with zero attached hydrogens (tertiary/aromatic N) is 1. The van der Waals surface area contributed by atoms with Crippen molar-refractivity contribution in [3.05, 3.63) is 51.5 Å². The summed E-state index contributed by atoms with van der Waals surface area (Å²) in [6.45, 7) is 0.111. The van der Waals surface area contributed by atoms with E-state index in [-0.39, 0.29) is 6.54 Å². The lowest BCUT2D eigenvalue weighted by molar-refractivity contribution is -0.125. The van der Waals surface area contributed by atoms with Crippen LogP contribution in [0.5, 0.6) is 0 Å². The van der Waals surface area contributed by atoms with E-state index in [1.807, 2.05) is 6.07 Å². The van der Waals surface area contributed by atoms with Gasteiger partial charge in [-0.25, -0.2) is 12.8 Å². The van der Waals surface area contributed by atoms with Crippen LogP contribution >= 0.6 is 11.3 Å². The van der Waals surface area contributed by atoms with Gasteiger partial charge in [0.15, 0.2) is 0 Å². The van der Waals surface area contributed by atoms with E-state index < -0.39 is 38.6 Å². The maximum absolute atomic E-state index is 14.0. The second-order valence-corrected chi connectivity index (χ2v) is 10.4. The first kappa shape index (κ1) is 21.0. The van der Waals surface area contributed by atoms with Gasteiger partial charge in [0, 0.05) is 11.4 Å². The van der Waals surface area contributed by atoms with Crippen molar-refractivity contribution in [3.63, 3.8) is 0 Å². The van der Waals surface area contributed by atoms with Crippen molar-refractivity contribution in [2.24, 2.45) is 0 Å². The van der Waals surface area contributed by atoms with Gasteiger partial charge in [0.25, 0.3) is 11.8 Å². The molecular weight excluding hydrogens is 429 g/mol. The molecule has 30 heavy (non-hydrogen) atoms. The normalized spacial score (nSPS) is 19.3. The number of rotatable bonds is 4. The van der Waals surface area contributed by atoms with Gasteiger partial charge in [0.1, 0.15) is 16.8 Å². The van der Waals surface area contributed by atoms with E-state index in [2.05, 4.69) is 10.9 Å². The summed E-state index contributed by atoms with van der Waals surface area (Å²) >= 11 is 1.42. The van der Waals surface area contributed by atoms with E-state index in [0.29, 0.717) is 17.7 Å². The minimum absolute atomic E-state index is 0.111. The van der Waals surface area contributed by atoms with Gasteiger partial charge in [-0.15, -0.1) is 11.3 Å². The molecule has 0 spiro atoms. The van der Waals surface area contributed by atoms with Gasteiger partial charge >= 0.3 is 0 Å². The number of carbonyl (C=O) groups is 2. The number of halogens is 1. The number of aryl methyl sites for hydroxylation is 2. The number of amides is 2. The van der Waals surface area contributed by atoms with Crippen LogP contribution in [0.25, 0.3) is 0 Å².